The molecule has 2 aromatic rings. The molecular formula is C11H8F3N3O2. The highest BCUT2D eigenvalue weighted by Gasteiger charge is 2.37. The lowest BCUT2D eigenvalue weighted by molar-refractivity contribution is -0.138. The van der Waals surface area contributed by atoms with Gasteiger partial charge in [0.1, 0.15) is 0 Å². The molecule has 0 atom stereocenters. The minimum absolute atomic E-state index is 0.153. The third-order valence-corrected chi connectivity index (χ3v) is 2.46. The number of carboxylic acids is 1. The van der Waals surface area contributed by atoms with E-state index in [1.165, 1.54) is 12.4 Å². The molecule has 0 saturated carbocycles. The molecule has 2 aromatic heterocycles. The van der Waals surface area contributed by atoms with Crippen molar-refractivity contribution in [1.82, 2.24) is 14.5 Å². The Balaban J connectivity index is 2.62. The summed E-state index contributed by atoms with van der Waals surface area (Å²) in [6.45, 7) is 1.57. The van der Waals surface area contributed by atoms with Gasteiger partial charge < -0.3 is 9.67 Å². The Kier molecular flexibility index (Phi) is 3.01. The summed E-state index contributed by atoms with van der Waals surface area (Å²) >= 11 is 0. The number of carboxylic acid groups (broad SMARTS) is 1. The lowest BCUT2D eigenvalue weighted by Crippen LogP contribution is -2.09. The van der Waals surface area contributed by atoms with Crippen molar-refractivity contribution >= 4 is 5.97 Å². The van der Waals surface area contributed by atoms with Gasteiger partial charge in [-0.25, -0.2) is 9.78 Å². The van der Waals surface area contributed by atoms with Crippen LogP contribution in [0.1, 0.15) is 21.6 Å². The van der Waals surface area contributed by atoms with Crippen molar-refractivity contribution in [1.29, 1.82) is 0 Å². The number of aryl methyl sites for hydroxylation is 1. The Morgan fingerprint density at radius 3 is 2.37 bits per heavy atom. The standard InChI is InChI=1S/C11H8F3N3O2/c1-6-9(16-3-2-15-6)17-4-7(10(18)19)8(5-17)11(12,13)14/h2-5H,1H3,(H,18,19). The summed E-state index contributed by atoms with van der Waals surface area (Å²) in [4.78, 5) is 18.6. The zero-order chi connectivity index (χ0) is 14.2. The lowest BCUT2D eigenvalue weighted by Gasteiger charge is -2.05. The van der Waals surface area contributed by atoms with E-state index < -0.39 is 23.3 Å². The van der Waals surface area contributed by atoms with Crippen LogP contribution in [0.5, 0.6) is 0 Å². The molecule has 100 valence electrons. The second kappa shape index (κ2) is 4.38. The molecule has 2 rings (SSSR count). The molecule has 0 saturated heterocycles. The summed E-state index contributed by atoms with van der Waals surface area (Å²) < 4.78 is 39.2. The van der Waals surface area contributed by atoms with Crippen LogP contribution >= 0.6 is 0 Å². The van der Waals surface area contributed by atoms with Crippen LogP contribution in [0.25, 0.3) is 5.82 Å². The quantitative estimate of drug-likeness (QED) is 0.909. The fraction of sp³-hybridized carbons (Fsp3) is 0.182. The predicted octanol–water partition coefficient (Wildman–Crippen LogP) is 2.29. The lowest BCUT2D eigenvalue weighted by atomic mass is 10.2. The van der Waals surface area contributed by atoms with Crippen molar-refractivity contribution in [2.75, 3.05) is 0 Å². The summed E-state index contributed by atoms with van der Waals surface area (Å²) in [5.74, 6) is -1.49. The van der Waals surface area contributed by atoms with Crippen LogP contribution in [0.15, 0.2) is 24.8 Å². The van der Waals surface area contributed by atoms with Gasteiger partial charge in [0.15, 0.2) is 5.82 Å². The first-order valence-corrected chi connectivity index (χ1v) is 5.11. The van der Waals surface area contributed by atoms with Crippen LogP contribution in [0.3, 0.4) is 0 Å². The predicted molar refractivity (Wildman–Crippen MR) is 58.1 cm³/mol. The molecule has 0 amide bonds. The van der Waals surface area contributed by atoms with Crippen LogP contribution in [0.2, 0.25) is 0 Å². The third-order valence-electron chi connectivity index (χ3n) is 2.46. The van der Waals surface area contributed by atoms with Crippen molar-refractivity contribution in [3.63, 3.8) is 0 Å². The number of halogens is 3. The van der Waals surface area contributed by atoms with Crippen molar-refractivity contribution < 1.29 is 23.1 Å². The van der Waals surface area contributed by atoms with Gasteiger partial charge in [0, 0.05) is 24.8 Å². The summed E-state index contributed by atoms with van der Waals surface area (Å²) in [6, 6.07) is 0. The molecule has 0 fully saturated rings. The number of aromatic carboxylic acids is 1. The fourth-order valence-electron chi connectivity index (χ4n) is 1.63. The zero-order valence-corrected chi connectivity index (χ0v) is 9.64. The van der Waals surface area contributed by atoms with E-state index in [1.807, 2.05) is 0 Å². The molecular weight excluding hydrogens is 263 g/mol. The van der Waals surface area contributed by atoms with E-state index in [2.05, 4.69) is 9.97 Å². The normalized spacial score (nSPS) is 11.6. The number of rotatable bonds is 2. The third kappa shape index (κ3) is 2.42. The fourth-order valence-corrected chi connectivity index (χ4v) is 1.63. The number of aromatic nitrogens is 3. The van der Waals surface area contributed by atoms with Gasteiger partial charge in [-0.15, -0.1) is 0 Å². The van der Waals surface area contributed by atoms with E-state index in [9.17, 15) is 18.0 Å². The van der Waals surface area contributed by atoms with Gasteiger partial charge in [-0.2, -0.15) is 13.2 Å². The first kappa shape index (κ1) is 13.1. The summed E-state index contributed by atoms with van der Waals surface area (Å²) in [6.07, 6.45) is -0.459. The van der Waals surface area contributed by atoms with Gasteiger partial charge >= 0.3 is 12.1 Å². The number of hydrogen-bond donors (Lipinski definition) is 1. The van der Waals surface area contributed by atoms with E-state index in [1.54, 1.807) is 6.92 Å². The Morgan fingerprint density at radius 1 is 1.26 bits per heavy atom. The minimum atomic E-state index is -4.74. The topological polar surface area (TPSA) is 68.0 Å². The molecule has 0 bridgehead atoms. The van der Waals surface area contributed by atoms with Gasteiger partial charge in [-0.1, -0.05) is 0 Å². The summed E-state index contributed by atoms with van der Waals surface area (Å²) in [7, 11) is 0. The molecule has 0 spiro atoms. The van der Waals surface area contributed by atoms with Crippen molar-refractivity contribution in [3.8, 4) is 5.82 Å². The highest BCUT2D eigenvalue weighted by Crippen LogP contribution is 2.33. The molecule has 0 aromatic carbocycles. The molecule has 0 radical (unpaired) electrons. The van der Waals surface area contributed by atoms with Crippen molar-refractivity contribution in [2.24, 2.45) is 0 Å². The Hall–Kier alpha value is -2.38. The molecule has 0 aliphatic heterocycles. The number of hydrogen-bond acceptors (Lipinski definition) is 3. The molecule has 0 aliphatic carbocycles. The van der Waals surface area contributed by atoms with Gasteiger partial charge in [-0.05, 0) is 6.92 Å². The summed E-state index contributed by atoms with van der Waals surface area (Å²) in [5, 5.41) is 8.81. The Morgan fingerprint density at radius 2 is 1.89 bits per heavy atom. The largest absolute Gasteiger partial charge is 0.478 e. The maximum atomic E-state index is 12.7. The molecule has 2 heterocycles. The number of alkyl halides is 3. The number of nitrogens with zero attached hydrogens (tertiary/aromatic N) is 3. The van der Waals surface area contributed by atoms with Gasteiger partial charge in [0.05, 0.1) is 16.8 Å². The maximum Gasteiger partial charge on any atom is 0.418 e. The van der Waals surface area contributed by atoms with E-state index in [0.717, 1.165) is 10.8 Å². The maximum absolute atomic E-state index is 12.7. The highest BCUT2D eigenvalue weighted by molar-refractivity contribution is 5.89. The van der Waals surface area contributed by atoms with Gasteiger partial charge in [0.2, 0.25) is 0 Å². The second-order valence-electron chi connectivity index (χ2n) is 3.76. The highest BCUT2D eigenvalue weighted by atomic mass is 19.4. The summed E-state index contributed by atoms with van der Waals surface area (Å²) in [5.41, 5.74) is -1.65. The van der Waals surface area contributed by atoms with Crippen LogP contribution in [-0.2, 0) is 6.18 Å². The van der Waals surface area contributed by atoms with Gasteiger partial charge in [-0.3, -0.25) is 4.98 Å². The van der Waals surface area contributed by atoms with Crippen LogP contribution in [-0.4, -0.2) is 25.6 Å². The van der Waals surface area contributed by atoms with Gasteiger partial charge in [0.25, 0.3) is 0 Å². The average molecular weight is 271 g/mol. The minimum Gasteiger partial charge on any atom is -0.478 e. The SMILES string of the molecule is Cc1nccnc1-n1cc(C(=O)O)c(C(F)(F)F)c1. The molecule has 1 N–H and O–H groups in total. The smallest absolute Gasteiger partial charge is 0.418 e. The van der Waals surface area contributed by atoms with Crippen LogP contribution < -0.4 is 0 Å². The van der Waals surface area contributed by atoms with E-state index in [4.69, 9.17) is 5.11 Å². The Labute approximate surface area is 105 Å². The number of carbonyl (C=O) groups is 1. The molecule has 8 heteroatoms. The first-order chi connectivity index (χ1) is 8.80. The van der Waals surface area contributed by atoms with Crippen LogP contribution in [0.4, 0.5) is 13.2 Å². The average Bonchev–Trinajstić information content (AvgIpc) is 2.74. The molecule has 0 aliphatic rings. The van der Waals surface area contributed by atoms with Crippen molar-refractivity contribution in [2.45, 2.75) is 13.1 Å². The molecule has 0 unspecified atom stereocenters. The monoisotopic (exact) mass is 271 g/mol. The van der Waals surface area contributed by atoms with E-state index in [-0.39, 0.29) is 5.82 Å². The first-order valence-electron chi connectivity index (χ1n) is 5.11. The van der Waals surface area contributed by atoms with E-state index in [0.29, 0.717) is 11.9 Å². The Bertz CT molecular complexity index is 634. The van der Waals surface area contributed by atoms with Crippen LogP contribution in [0, 0.1) is 6.92 Å². The zero-order valence-electron chi connectivity index (χ0n) is 9.64. The van der Waals surface area contributed by atoms with Crippen molar-refractivity contribution in [3.05, 3.63) is 41.6 Å². The molecule has 5 nitrogen and oxygen atoms in total. The van der Waals surface area contributed by atoms with E-state index >= 15 is 0 Å². The second-order valence-corrected chi connectivity index (χ2v) is 3.76. The molecule has 19 heavy (non-hydrogen) atoms.